The molecule has 1 aromatic heterocycles. The summed E-state index contributed by atoms with van der Waals surface area (Å²) in [6.07, 6.45) is 4.30. The number of hydrogen-bond acceptors (Lipinski definition) is 3. The summed E-state index contributed by atoms with van der Waals surface area (Å²) in [5.74, 6) is 1.30. The molecule has 126 valence electrons. The van der Waals surface area contributed by atoms with Crippen molar-refractivity contribution in [1.82, 2.24) is 4.57 Å². The van der Waals surface area contributed by atoms with Crippen LogP contribution in [0.4, 0.5) is 5.69 Å². The summed E-state index contributed by atoms with van der Waals surface area (Å²) in [5.41, 5.74) is 1.80. The third kappa shape index (κ3) is 3.35. The van der Waals surface area contributed by atoms with E-state index in [1.807, 2.05) is 60.9 Å². The highest BCUT2D eigenvalue weighted by Gasteiger charge is 2.18. The van der Waals surface area contributed by atoms with E-state index in [1.165, 1.54) is 0 Å². The van der Waals surface area contributed by atoms with Crippen LogP contribution in [0.1, 0.15) is 18.0 Å². The Kier molecular flexibility index (Phi) is 4.12. The number of aromatic nitrogens is 1. The van der Waals surface area contributed by atoms with Crippen molar-refractivity contribution in [2.45, 2.75) is 12.5 Å². The molecule has 0 spiro atoms. The second-order valence-corrected chi connectivity index (χ2v) is 5.88. The fourth-order valence-corrected chi connectivity index (χ4v) is 2.99. The summed E-state index contributed by atoms with van der Waals surface area (Å²) in [5, 5.41) is 2.95. The topological polar surface area (TPSA) is 52.5 Å². The van der Waals surface area contributed by atoms with Gasteiger partial charge in [-0.3, -0.25) is 4.79 Å². The second-order valence-electron chi connectivity index (χ2n) is 5.88. The van der Waals surface area contributed by atoms with Crippen molar-refractivity contribution in [3.8, 4) is 11.5 Å². The molecule has 5 heteroatoms. The largest absolute Gasteiger partial charge is 0.454 e. The van der Waals surface area contributed by atoms with Crippen molar-refractivity contribution >= 4 is 11.6 Å². The summed E-state index contributed by atoms with van der Waals surface area (Å²) in [7, 11) is 0. The molecule has 25 heavy (non-hydrogen) atoms. The number of nitrogens with one attached hydrogen (secondary N) is 1. The molecule has 0 saturated carbocycles. The van der Waals surface area contributed by atoms with E-state index < -0.39 is 0 Å². The van der Waals surface area contributed by atoms with Gasteiger partial charge in [-0.2, -0.15) is 0 Å². The Balaban J connectivity index is 1.51. The number of carbonyl (C=O) groups excluding carboxylic acids is 1. The molecule has 2 aromatic carbocycles. The Hall–Kier alpha value is -3.21. The van der Waals surface area contributed by atoms with Crippen LogP contribution in [0, 0.1) is 0 Å². The molecule has 1 aliphatic rings. The molecule has 1 amide bonds. The van der Waals surface area contributed by atoms with Crippen molar-refractivity contribution in [3.63, 3.8) is 0 Å². The van der Waals surface area contributed by atoms with Crippen LogP contribution in [0.3, 0.4) is 0 Å². The number of rotatable bonds is 5. The van der Waals surface area contributed by atoms with Crippen LogP contribution in [0.25, 0.3) is 0 Å². The molecular formula is C20H18N2O3. The fraction of sp³-hybridized carbons (Fsp3) is 0.150. The van der Waals surface area contributed by atoms with Gasteiger partial charge in [-0.25, -0.2) is 0 Å². The molecule has 3 aromatic rings. The van der Waals surface area contributed by atoms with Gasteiger partial charge in [-0.05, 0) is 29.8 Å². The number of hydrogen-bond donors (Lipinski definition) is 1. The summed E-state index contributed by atoms with van der Waals surface area (Å²) in [6, 6.07) is 19.3. The molecule has 0 radical (unpaired) electrons. The van der Waals surface area contributed by atoms with E-state index in [9.17, 15) is 4.79 Å². The molecule has 0 bridgehead atoms. The van der Waals surface area contributed by atoms with Gasteiger partial charge in [0.15, 0.2) is 11.5 Å². The van der Waals surface area contributed by atoms with Gasteiger partial charge in [0, 0.05) is 24.1 Å². The first-order valence-corrected chi connectivity index (χ1v) is 8.16. The molecule has 1 aliphatic heterocycles. The number of nitrogens with zero attached hydrogens (tertiary/aromatic N) is 1. The van der Waals surface area contributed by atoms with E-state index in [0.717, 1.165) is 5.56 Å². The van der Waals surface area contributed by atoms with E-state index in [1.54, 1.807) is 12.1 Å². The van der Waals surface area contributed by atoms with E-state index in [-0.39, 0.29) is 18.7 Å². The second kappa shape index (κ2) is 6.73. The van der Waals surface area contributed by atoms with Crippen molar-refractivity contribution in [2.75, 3.05) is 12.1 Å². The van der Waals surface area contributed by atoms with Crippen molar-refractivity contribution < 1.29 is 14.3 Å². The van der Waals surface area contributed by atoms with E-state index in [2.05, 4.69) is 9.88 Å². The standard InChI is InChI=1S/C20H18N2O3/c23-20(21-16-8-9-18-19(12-16)25-14-24-18)13-17(22-10-4-5-11-22)15-6-2-1-3-7-15/h1-12,17H,13-14H2,(H,21,23)/t17-/m1/s1. The SMILES string of the molecule is O=C(C[C@H](c1ccccc1)n1cccc1)Nc1ccc2c(c1)OCO2. The number of fused-ring (bicyclic) bond motifs is 1. The van der Waals surface area contributed by atoms with Crippen molar-refractivity contribution in [3.05, 3.63) is 78.6 Å². The van der Waals surface area contributed by atoms with Gasteiger partial charge in [-0.15, -0.1) is 0 Å². The van der Waals surface area contributed by atoms with Crippen LogP contribution in [0.2, 0.25) is 0 Å². The lowest BCUT2D eigenvalue weighted by Crippen LogP contribution is -2.19. The van der Waals surface area contributed by atoms with Gasteiger partial charge < -0.3 is 19.4 Å². The summed E-state index contributed by atoms with van der Waals surface area (Å²) >= 11 is 0. The Bertz CT molecular complexity index is 860. The molecule has 4 rings (SSSR count). The van der Waals surface area contributed by atoms with Gasteiger partial charge in [0.05, 0.1) is 12.5 Å². The maximum atomic E-state index is 12.6. The van der Waals surface area contributed by atoms with Crippen molar-refractivity contribution in [1.29, 1.82) is 0 Å². The Labute approximate surface area is 145 Å². The Morgan fingerprint density at radius 2 is 1.76 bits per heavy atom. The average Bonchev–Trinajstić information content (AvgIpc) is 3.31. The summed E-state index contributed by atoms with van der Waals surface area (Å²) < 4.78 is 12.7. The third-order valence-electron chi connectivity index (χ3n) is 4.21. The zero-order chi connectivity index (χ0) is 17.1. The number of ether oxygens (including phenoxy) is 2. The molecular weight excluding hydrogens is 316 g/mol. The average molecular weight is 334 g/mol. The highest BCUT2D eigenvalue weighted by Crippen LogP contribution is 2.34. The summed E-state index contributed by atoms with van der Waals surface area (Å²) in [4.78, 5) is 12.6. The van der Waals surface area contributed by atoms with Gasteiger partial charge in [0.1, 0.15) is 0 Å². The molecule has 2 heterocycles. The predicted molar refractivity (Wildman–Crippen MR) is 94.8 cm³/mol. The van der Waals surface area contributed by atoms with Crippen LogP contribution in [0.5, 0.6) is 11.5 Å². The first-order chi connectivity index (χ1) is 12.3. The Morgan fingerprint density at radius 1 is 1.00 bits per heavy atom. The fourth-order valence-electron chi connectivity index (χ4n) is 2.99. The van der Waals surface area contributed by atoms with Gasteiger partial charge in [-0.1, -0.05) is 30.3 Å². The van der Waals surface area contributed by atoms with Crippen LogP contribution in [-0.4, -0.2) is 17.3 Å². The minimum Gasteiger partial charge on any atom is -0.454 e. The molecule has 1 N–H and O–H groups in total. The minimum atomic E-state index is -0.0542. The number of anilines is 1. The first kappa shape index (κ1) is 15.3. The van der Waals surface area contributed by atoms with E-state index >= 15 is 0 Å². The molecule has 1 atom stereocenters. The maximum Gasteiger partial charge on any atom is 0.231 e. The predicted octanol–water partition coefficient (Wildman–Crippen LogP) is 3.84. The zero-order valence-electron chi connectivity index (χ0n) is 13.6. The number of carbonyl (C=O) groups is 1. The highest BCUT2D eigenvalue weighted by atomic mass is 16.7. The van der Waals surface area contributed by atoms with Crippen LogP contribution in [0.15, 0.2) is 73.1 Å². The van der Waals surface area contributed by atoms with E-state index in [0.29, 0.717) is 23.6 Å². The maximum absolute atomic E-state index is 12.6. The highest BCUT2D eigenvalue weighted by molar-refractivity contribution is 5.91. The Morgan fingerprint density at radius 3 is 2.56 bits per heavy atom. The lowest BCUT2D eigenvalue weighted by atomic mass is 10.0. The van der Waals surface area contributed by atoms with Gasteiger partial charge in [0.2, 0.25) is 12.7 Å². The van der Waals surface area contributed by atoms with Crippen LogP contribution < -0.4 is 14.8 Å². The number of benzene rings is 2. The zero-order valence-corrected chi connectivity index (χ0v) is 13.6. The lowest BCUT2D eigenvalue weighted by Gasteiger charge is -2.19. The van der Waals surface area contributed by atoms with Gasteiger partial charge >= 0.3 is 0 Å². The molecule has 0 unspecified atom stereocenters. The third-order valence-corrected chi connectivity index (χ3v) is 4.21. The smallest absolute Gasteiger partial charge is 0.231 e. The first-order valence-electron chi connectivity index (χ1n) is 8.16. The van der Waals surface area contributed by atoms with Crippen molar-refractivity contribution in [2.24, 2.45) is 0 Å². The minimum absolute atomic E-state index is 0.0507. The quantitative estimate of drug-likeness (QED) is 0.771. The molecule has 0 saturated heterocycles. The monoisotopic (exact) mass is 334 g/mol. The van der Waals surface area contributed by atoms with Crippen LogP contribution in [-0.2, 0) is 4.79 Å². The number of amides is 1. The normalized spacial score (nSPS) is 13.4. The van der Waals surface area contributed by atoms with Crippen LogP contribution >= 0.6 is 0 Å². The van der Waals surface area contributed by atoms with E-state index in [4.69, 9.17) is 9.47 Å². The molecule has 0 fully saturated rings. The molecule has 5 nitrogen and oxygen atoms in total. The summed E-state index contributed by atoms with van der Waals surface area (Å²) in [6.45, 7) is 0.219. The molecule has 0 aliphatic carbocycles. The van der Waals surface area contributed by atoms with Gasteiger partial charge in [0.25, 0.3) is 0 Å². The lowest BCUT2D eigenvalue weighted by molar-refractivity contribution is -0.116.